The Labute approximate surface area is 71.7 Å². The highest BCUT2D eigenvalue weighted by Gasteiger charge is 2.01. The van der Waals surface area contributed by atoms with Crippen LogP contribution in [0.25, 0.3) is 0 Å². The number of benzene rings is 1. The zero-order valence-electron chi connectivity index (χ0n) is 5.07. The Morgan fingerprint density at radius 3 is 2.70 bits per heavy atom. The molecule has 0 amide bonds. The standard InChI is InChI=1S/C6H6FIN2/c7-4-2-1-3-5(10-9)6(4)8/h1-3,10H,9H2. The Morgan fingerprint density at radius 1 is 1.50 bits per heavy atom. The van der Waals surface area contributed by atoms with Crippen LogP contribution >= 0.6 is 22.6 Å². The first kappa shape index (κ1) is 7.74. The van der Waals surface area contributed by atoms with Gasteiger partial charge in [0.2, 0.25) is 0 Å². The first-order chi connectivity index (χ1) is 4.75. The molecule has 0 radical (unpaired) electrons. The average Bonchev–Trinajstić information content (AvgIpc) is 1.95. The number of hydrogen-bond donors (Lipinski definition) is 2. The number of hydrogen-bond acceptors (Lipinski definition) is 2. The van der Waals surface area contributed by atoms with Gasteiger partial charge in [0.15, 0.2) is 0 Å². The van der Waals surface area contributed by atoms with Crippen LogP contribution in [0.15, 0.2) is 18.2 Å². The highest BCUT2D eigenvalue weighted by atomic mass is 127. The van der Waals surface area contributed by atoms with Gasteiger partial charge in [-0.05, 0) is 34.7 Å². The van der Waals surface area contributed by atoms with Crippen molar-refractivity contribution < 1.29 is 4.39 Å². The number of nitrogens with one attached hydrogen (secondary N) is 1. The lowest BCUT2D eigenvalue weighted by Crippen LogP contribution is -2.08. The van der Waals surface area contributed by atoms with E-state index in [1.165, 1.54) is 6.07 Å². The fourth-order valence-corrected chi connectivity index (χ4v) is 1.13. The van der Waals surface area contributed by atoms with E-state index in [4.69, 9.17) is 5.84 Å². The van der Waals surface area contributed by atoms with Crippen LogP contribution in [0, 0.1) is 9.39 Å². The zero-order valence-corrected chi connectivity index (χ0v) is 7.22. The summed E-state index contributed by atoms with van der Waals surface area (Å²) in [6.07, 6.45) is 0. The normalized spacial score (nSPS) is 9.50. The third-order valence-corrected chi connectivity index (χ3v) is 2.20. The molecule has 10 heavy (non-hydrogen) atoms. The van der Waals surface area contributed by atoms with E-state index in [0.29, 0.717) is 9.26 Å². The monoisotopic (exact) mass is 252 g/mol. The van der Waals surface area contributed by atoms with Gasteiger partial charge >= 0.3 is 0 Å². The van der Waals surface area contributed by atoms with E-state index in [-0.39, 0.29) is 5.82 Å². The Kier molecular flexibility index (Phi) is 2.44. The van der Waals surface area contributed by atoms with Gasteiger partial charge in [-0.15, -0.1) is 0 Å². The maximum absolute atomic E-state index is 12.7. The van der Waals surface area contributed by atoms with Crippen molar-refractivity contribution in [3.63, 3.8) is 0 Å². The average molecular weight is 252 g/mol. The molecule has 0 atom stereocenters. The molecule has 1 aromatic carbocycles. The summed E-state index contributed by atoms with van der Waals surface area (Å²) in [5, 5.41) is 0. The smallest absolute Gasteiger partial charge is 0.138 e. The topological polar surface area (TPSA) is 38.0 Å². The Morgan fingerprint density at radius 2 is 2.20 bits per heavy atom. The van der Waals surface area contributed by atoms with Crippen molar-refractivity contribution in [2.75, 3.05) is 5.43 Å². The molecule has 2 nitrogen and oxygen atoms in total. The van der Waals surface area contributed by atoms with E-state index < -0.39 is 0 Å². The van der Waals surface area contributed by atoms with Gasteiger partial charge in [0.05, 0.1) is 9.26 Å². The van der Waals surface area contributed by atoms with Crippen molar-refractivity contribution in [2.45, 2.75) is 0 Å². The molecule has 3 N–H and O–H groups in total. The van der Waals surface area contributed by atoms with Crippen molar-refractivity contribution in [3.8, 4) is 0 Å². The molecule has 0 aliphatic carbocycles. The van der Waals surface area contributed by atoms with Crippen LogP contribution < -0.4 is 11.3 Å². The summed E-state index contributed by atoms with van der Waals surface area (Å²) in [5.74, 6) is 4.84. The fourth-order valence-electron chi connectivity index (χ4n) is 0.615. The number of nitrogens with two attached hydrogens (primary N) is 1. The summed E-state index contributed by atoms with van der Waals surface area (Å²) in [4.78, 5) is 0. The molecule has 4 heteroatoms. The zero-order chi connectivity index (χ0) is 7.56. The highest BCUT2D eigenvalue weighted by Crippen LogP contribution is 2.19. The van der Waals surface area contributed by atoms with E-state index >= 15 is 0 Å². The molecule has 0 saturated carbocycles. The van der Waals surface area contributed by atoms with Crippen LogP contribution in [0.1, 0.15) is 0 Å². The van der Waals surface area contributed by atoms with E-state index in [2.05, 4.69) is 5.43 Å². The number of rotatable bonds is 1. The SMILES string of the molecule is NNc1cccc(F)c1I. The number of nitrogen functional groups attached to an aromatic ring is 1. The van der Waals surface area contributed by atoms with E-state index in [1.54, 1.807) is 12.1 Å². The third kappa shape index (κ3) is 1.38. The van der Waals surface area contributed by atoms with Gasteiger partial charge in [0.25, 0.3) is 0 Å². The van der Waals surface area contributed by atoms with E-state index in [0.717, 1.165) is 0 Å². The molecule has 1 aromatic rings. The van der Waals surface area contributed by atoms with Crippen LogP contribution in [0.2, 0.25) is 0 Å². The molecule has 0 aliphatic rings. The van der Waals surface area contributed by atoms with Crippen molar-refractivity contribution in [1.29, 1.82) is 0 Å². The lowest BCUT2D eigenvalue weighted by atomic mass is 10.3. The molecule has 1 rings (SSSR count). The molecule has 0 saturated heterocycles. The summed E-state index contributed by atoms with van der Waals surface area (Å²) in [6, 6.07) is 4.71. The van der Waals surface area contributed by atoms with E-state index in [9.17, 15) is 4.39 Å². The second-order valence-electron chi connectivity index (χ2n) is 1.75. The van der Waals surface area contributed by atoms with Crippen LogP contribution in [-0.4, -0.2) is 0 Å². The van der Waals surface area contributed by atoms with Crippen molar-refractivity contribution >= 4 is 28.3 Å². The quantitative estimate of drug-likeness (QED) is 0.453. The fraction of sp³-hybridized carbons (Fsp3) is 0. The summed E-state index contributed by atoms with van der Waals surface area (Å²) >= 11 is 1.89. The van der Waals surface area contributed by atoms with Crippen molar-refractivity contribution in [1.82, 2.24) is 0 Å². The first-order valence-corrected chi connectivity index (χ1v) is 3.74. The van der Waals surface area contributed by atoms with Gasteiger partial charge in [0.1, 0.15) is 5.82 Å². The lowest BCUT2D eigenvalue weighted by molar-refractivity contribution is 0.621. The second-order valence-corrected chi connectivity index (χ2v) is 2.82. The van der Waals surface area contributed by atoms with Crippen LogP contribution in [0.5, 0.6) is 0 Å². The molecule has 0 aliphatic heterocycles. The molecule has 54 valence electrons. The molecule has 0 aromatic heterocycles. The predicted octanol–water partition coefficient (Wildman–Crippen LogP) is 1.72. The highest BCUT2D eigenvalue weighted by molar-refractivity contribution is 14.1. The minimum absolute atomic E-state index is 0.254. The minimum Gasteiger partial charge on any atom is -0.323 e. The maximum Gasteiger partial charge on any atom is 0.138 e. The van der Waals surface area contributed by atoms with Gasteiger partial charge in [-0.3, -0.25) is 5.84 Å². The van der Waals surface area contributed by atoms with Gasteiger partial charge in [-0.25, -0.2) is 4.39 Å². The summed E-state index contributed by atoms with van der Waals surface area (Å²) < 4.78 is 13.2. The number of hydrazine groups is 1. The van der Waals surface area contributed by atoms with Gasteiger partial charge < -0.3 is 5.43 Å². The molecule has 0 fully saturated rings. The largest absolute Gasteiger partial charge is 0.323 e. The number of halogens is 2. The summed E-state index contributed by atoms with van der Waals surface area (Å²) in [6.45, 7) is 0. The van der Waals surface area contributed by atoms with E-state index in [1.807, 2.05) is 22.6 Å². The summed E-state index contributed by atoms with van der Waals surface area (Å²) in [7, 11) is 0. The van der Waals surface area contributed by atoms with Crippen LogP contribution in [0.3, 0.4) is 0 Å². The third-order valence-electron chi connectivity index (χ3n) is 1.11. The van der Waals surface area contributed by atoms with Crippen molar-refractivity contribution in [3.05, 3.63) is 27.6 Å². The Balaban J connectivity index is 3.14. The molecular formula is C6H6FIN2. The Bertz CT molecular complexity index is 239. The molecule has 0 spiro atoms. The van der Waals surface area contributed by atoms with Crippen LogP contribution in [0.4, 0.5) is 10.1 Å². The second kappa shape index (κ2) is 3.16. The minimum atomic E-state index is -0.254. The Hall–Kier alpha value is -0.360. The molecule has 0 unspecified atom stereocenters. The molecular weight excluding hydrogens is 246 g/mol. The lowest BCUT2D eigenvalue weighted by Gasteiger charge is -2.01. The predicted molar refractivity (Wildman–Crippen MR) is 46.9 cm³/mol. The molecule has 0 heterocycles. The van der Waals surface area contributed by atoms with Gasteiger partial charge in [-0.1, -0.05) is 6.07 Å². The van der Waals surface area contributed by atoms with Crippen molar-refractivity contribution in [2.24, 2.45) is 5.84 Å². The first-order valence-electron chi connectivity index (χ1n) is 2.66. The summed E-state index contributed by atoms with van der Waals surface area (Å²) in [5.41, 5.74) is 3.00. The molecule has 0 bridgehead atoms. The van der Waals surface area contributed by atoms with Gasteiger partial charge in [-0.2, -0.15) is 0 Å². The number of anilines is 1. The van der Waals surface area contributed by atoms with Crippen LogP contribution in [-0.2, 0) is 0 Å². The maximum atomic E-state index is 12.7. The van der Waals surface area contributed by atoms with Gasteiger partial charge in [0, 0.05) is 0 Å².